The highest BCUT2D eigenvalue weighted by molar-refractivity contribution is 5.45. The maximum Gasteiger partial charge on any atom is 0.137 e. The van der Waals surface area contributed by atoms with Gasteiger partial charge in [0, 0.05) is 12.2 Å². The molecule has 1 aromatic carbocycles. The lowest BCUT2D eigenvalue weighted by atomic mass is 9.97. The number of nitrogens with zero attached hydrogens (tertiary/aromatic N) is 4. The van der Waals surface area contributed by atoms with Gasteiger partial charge < -0.3 is 10.2 Å². The van der Waals surface area contributed by atoms with Crippen molar-refractivity contribution in [1.29, 1.82) is 0 Å². The molecule has 2 aromatic rings. The smallest absolute Gasteiger partial charge is 0.137 e. The third-order valence-corrected chi connectivity index (χ3v) is 4.17. The van der Waals surface area contributed by atoms with E-state index in [1.807, 2.05) is 4.68 Å². The van der Waals surface area contributed by atoms with E-state index in [0.29, 0.717) is 0 Å². The quantitative estimate of drug-likeness (QED) is 0.913. The molecule has 1 fully saturated rings. The van der Waals surface area contributed by atoms with Crippen molar-refractivity contribution >= 4 is 5.69 Å². The van der Waals surface area contributed by atoms with Crippen molar-refractivity contribution in [1.82, 2.24) is 19.7 Å². The molecule has 0 bridgehead atoms. The molecule has 5 nitrogen and oxygen atoms in total. The van der Waals surface area contributed by atoms with Crippen LogP contribution in [0.3, 0.4) is 0 Å². The number of aromatic nitrogens is 3. The van der Waals surface area contributed by atoms with Gasteiger partial charge in [-0.05, 0) is 56.6 Å². The number of hydrogen-bond donors (Lipinski definition) is 1. The van der Waals surface area contributed by atoms with E-state index in [-0.39, 0.29) is 0 Å². The van der Waals surface area contributed by atoms with Crippen LogP contribution in [0.4, 0.5) is 5.69 Å². The maximum absolute atomic E-state index is 4.15. The average molecular weight is 285 g/mol. The summed E-state index contributed by atoms with van der Waals surface area (Å²) in [5.41, 5.74) is 2.44. The van der Waals surface area contributed by atoms with Gasteiger partial charge in [-0.25, -0.2) is 9.67 Å². The predicted octanol–water partition coefficient (Wildman–Crippen LogP) is 2.08. The van der Waals surface area contributed by atoms with E-state index in [4.69, 9.17) is 0 Å². The van der Waals surface area contributed by atoms with E-state index in [0.717, 1.165) is 19.0 Å². The van der Waals surface area contributed by atoms with Crippen molar-refractivity contribution in [3.05, 3.63) is 42.5 Å². The highest BCUT2D eigenvalue weighted by atomic mass is 15.3. The van der Waals surface area contributed by atoms with Crippen molar-refractivity contribution in [2.75, 3.05) is 32.0 Å². The molecule has 1 saturated heterocycles. The minimum Gasteiger partial charge on any atom is -0.385 e. The highest BCUT2D eigenvalue weighted by Crippen LogP contribution is 2.18. The summed E-state index contributed by atoms with van der Waals surface area (Å²) in [6.07, 6.45) is 5.91. The lowest BCUT2D eigenvalue weighted by molar-refractivity contribution is 0.226. The number of hydrogen-bond acceptors (Lipinski definition) is 4. The molecule has 3 rings (SSSR count). The van der Waals surface area contributed by atoms with Crippen LogP contribution in [0.2, 0.25) is 0 Å². The molecular formula is C16H23N5. The molecule has 0 atom stereocenters. The summed E-state index contributed by atoms with van der Waals surface area (Å²) >= 11 is 0. The van der Waals surface area contributed by atoms with Crippen LogP contribution in [0, 0.1) is 5.92 Å². The Balaban J connectivity index is 1.53. The van der Waals surface area contributed by atoms with Crippen molar-refractivity contribution in [3.8, 4) is 0 Å². The summed E-state index contributed by atoms with van der Waals surface area (Å²) in [5.74, 6) is 0.792. The fraction of sp³-hybridized carbons (Fsp3) is 0.500. The van der Waals surface area contributed by atoms with E-state index in [9.17, 15) is 0 Å². The standard InChI is InChI=1S/C16H23N5/c1-20-7-5-14(6-8-20)10-18-16-4-2-3-15(9-16)11-21-13-17-12-19-21/h2-4,9,12-14,18H,5-8,10-11H2,1H3. The summed E-state index contributed by atoms with van der Waals surface area (Å²) in [4.78, 5) is 6.39. The van der Waals surface area contributed by atoms with Crippen molar-refractivity contribution in [2.45, 2.75) is 19.4 Å². The van der Waals surface area contributed by atoms with Crippen LogP contribution in [0.25, 0.3) is 0 Å². The van der Waals surface area contributed by atoms with E-state index in [1.165, 1.54) is 37.2 Å². The molecule has 0 aliphatic carbocycles. The molecule has 1 aliphatic heterocycles. The van der Waals surface area contributed by atoms with Gasteiger partial charge in [-0.15, -0.1) is 0 Å². The van der Waals surface area contributed by atoms with E-state index in [1.54, 1.807) is 12.7 Å². The van der Waals surface area contributed by atoms with Crippen molar-refractivity contribution < 1.29 is 0 Å². The number of benzene rings is 1. The molecule has 1 aromatic heterocycles. The second-order valence-corrected chi connectivity index (χ2v) is 5.92. The first-order valence-electron chi connectivity index (χ1n) is 7.63. The largest absolute Gasteiger partial charge is 0.385 e. The van der Waals surface area contributed by atoms with Gasteiger partial charge in [0.2, 0.25) is 0 Å². The monoisotopic (exact) mass is 285 g/mol. The van der Waals surface area contributed by atoms with Crippen LogP contribution in [0.5, 0.6) is 0 Å². The zero-order valence-corrected chi connectivity index (χ0v) is 12.6. The van der Waals surface area contributed by atoms with Crippen LogP contribution < -0.4 is 5.32 Å². The molecule has 0 spiro atoms. The Bertz CT molecular complexity index is 544. The zero-order valence-electron chi connectivity index (χ0n) is 12.6. The first kappa shape index (κ1) is 14.1. The van der Waals surface area contributed by atoms with Gasteiger partial charge in [-0.2, -0.15) is 5.10 Å². The van der Waals surface area contributed by atoms with Crippen molar-refractivity contribution in [2.24, 2.45) is 5.92 Å². The number of rotatable bonds is 5. The molecule has 0 unspecified atom stereocenters. The fourth-order valence-corrected chi connectivity index (χ4v) is 2.81. The van der Waals surface area contributed by atoms with E-state index in [2.05, 4.69) is 51.6 Å². The summed E-state index contributed by atoms with van der Waals surface area (Å²) in [5, 5.41) is 7.73. The Labute approximate surface area is 126 Å². The SMILES string of the molecule is CN1CCC(CNc2cccc(Cn3cncn3)c2)CC1. The second kappa shape index (κ2) is 6.72. The topological polar surface area (TPSA) is 46.0 Å². The Morgan fingerprint density at radius 2 is 2.14 bits per heavy atom. The summed E-state index contributed by atoms with van der Waals surface area (Å²) < 4.78 is 1.84. The summed E-state index contributed by atoms with van der Waals surface area (Å²) in [7, 11) is 2.21. The maximum atomic E-state index is 4.15. The van der Waals surface area contributed by atoms with Gasteiger partial charge in [-0.1, -0.05) is 12.1 Å². The first-order valence-corrected chi connectivity index (χ1v) is 7.63. The van der Waals surface area contributed by atoms with Crippen molar-refractivity contribution in [3.63, 3.8) is 0 Å². The molecule has 1 aliphatic rings. The molecular weight excluding hydrogens is 262 g/mol. The lowest BCUT2D eigenvalue weighted by Crippen LogP contribution is -2.32. The molecule has 1 N–H and O–H groups in total. The Morgan fingerprint density at radius 3 is 2.90 bits per heavy atom. The van der Waals surface area contributed by atoms with Gasteiger partial charge in [0.25, 0.3) is 0 Å². The molecule has 2 heterocycles. The Morgan fingerprint density at radius 1 is 1.29 bits per heavy atom. The van der Waals surface area contributed by atoms with Crippen LogP contribution in [0.1, 0.15) is 18.4 Å². The fourth-order valence-electron chi connectivity index (χ4n) is 2.81. The van der Waals surface area contributed by atoms with E-state index >= 15 is 0 Å². The molecule has 0 amide bonds. The normalized spacial score (nSPS) is 17.0. The molecule has 5 heteroatoms. The number of anilines is 1. The van der Waals surface area contributed by atoms with Gasteiger partial charge in [0.05, 0.1) is 6.54 Å². The predicted molar refractivity (Wildman–Crippen MR) is 84.3 cm³/mol. The molecule has 0 radical (unpaired) electrons. The van der Waals surface area contributed by atoms with Crippen LogP contribution in [-0.2, 0) is 6.54 Å². The first-order chi connectivity index (χ1) is 10.3. The third kappa shape index (κ3) is 4.04. The zero-order chi connectivity index (χ0) is 14.5. The average Bonchev–Trinajstić information content (AvgIpc) is 3.00. The van der Waals surface area contributed by atoms with Gasteiger partial charge >= 0.3 is 0 Å². The van der Waals surface area contributed by atoms with Crippen LogP contribution >= 0.6 is 0 Å². The van der Waals surface area contributed by atoms with E-state index < -0.39 is 0 Å². The summed E-state index contributed by atoms with van der Waals surface area (Å²) in [6.45, 7) is 4.28. The molecule has 112 valence electrons. The second-order valence-electron chi connectivity index (χ2n) is 5.92. The Hall–Kier alpha value is -1.88. The molecule has 0 saturated carbocycles. The minimum atomic E-state index is 0.768. The lowest BCUT2D eigenvalue weighted by Gasteiger charge is -2.29. The number of piperidine rings is 1. The van der Waals surface area contributed by atoms with Gasteiger partial charge in [0.1, 0.15) is 12.7 Å². The van der Waals surface area contributed by atoms with Crippen LogP contribution in [-0.4, -0.2) is 46.3 Å². The molecule has 21 heavy (non-hydrogen) atoms. The summed E-state index contributed by atoms with van der Waals surface area (Å²) in [6, 6.07) is 8.57. The number of nitrogens with one attached hydrogen (secondary N) is 1. The highest BCUT2D eigenvalue weighted by Gasteiger charge is 2.16. The van der Waals surface area contributed by atoms with Crippen LogP contribution in [0.15, 0.2) is 36.9 Å². The van der Waals surface area contributed by atoms with Gasteiger partial charge in [-0.3, -0.25) is 0 Å². The number of likely N-dealkylation sites (tertiary alicyclic amines) is 1. The Kier molecular flexibility index (Phi) is 4.50. The third-order valence-electron chi connectivity index (χ3n) is 4.17. The minimum absolute atomic E-state index is 0.768. The van der Waals surface area contributed by atoms with Gasteiger partial charge in [0.15, 0.2) is 0 Å².